The second-order valence-electron chi connectivity index (χ2n) is 4.54. The van der Waals surface area contributed by atoms with Crippen LogP contribution in [0, 0.1) is 0 Å². The minimum absolute atomic E-state index is 0.0611. The minimum Gasteiger partial charge on any atom is -0.326 e. The average Bonchev–Trinajstić information content (AvgIpc) is 2.50. The SMILES string of the molecule is CCN1C(=O)NC(c2ncc(Br)cn2)C1(C)C. The number of aromatic nitrogens is 2. The molecule has 1 aromatic rings. The molecule has 0 bridgehead atoms. The summed E-state index contributed by atoms with van der Waals surface area (Å²) in [4.78, 5) is 22.1. The van der Waals surface area contributed by atoms with Gasteiger partial charge in [0.1, 0.15) is 6.04 Å². The molecule has 2 heterocycles. The van der Waals surface area contributed by atoms with Crippen LogP contribution in [0.1, 0.15) is 32.6 Å². The first-order valence-corrected chi connectivity index (χ1v) is 6.31. The van der Waals surface area contributed by atoms with E-state index in [1.165, 1.54) is 0 Å². The highest BCUT2D eigenvalue weighted by atomic mass is 79.9. The standard InChI is InChI=1S/C11H15BrN4O/c1-4-16-10(17)15-8(11(16,2)3)9-13-5-7(12)6-14-9/h5-6,8H,4H2,1-3H3,(H,15,17). The third-order valence-corrected chi connectivity index (χ3v) is 3.54. The lowest BCUT2D eigenvalue weighted by atomic mass is 9.94. The van der Waals surface area contributed by atoms with Crippen molar-refractivity contribution in [2.24, 2.45) is 0 Å². The highest BCUT2D eigenvalue weighted by Gasteiger charge is 2.47. The monoisotopic (exact) mass is 298 g/mol. The first-order chi connectivity index (χ1) is 7.96. The van der Waals surface area contributed by atoms with Gasteiger partial charge in [-0.25, -0.2) is 14.8 Å². The summed E-state index contributed by atoms with van der Waals surface area (Å²) >= 11 is 3.30. The van der Waals surface area contributed by atoms with Gasteiger partial charge in [0.25, 0.3) is 0 Å². The van der Waals surface area contributed by atoms with Crippen molar-refractivity contribution in [1.82, 2.24) is 20.2 Å². The number of likely N-dealkylation sites (N-methyl/N-ethyl adjacent to an activating group) is 1. The Hall–Kier alpha value is -1.17. The second-order valence-corrected chi connectivity index (χ2v) is 5.46. The van der Waals surface area contributed by atoms with Crippen LogP contribution in [0.15, 0.2) is 16.9 Å². The Labute approximate surface area is 109 Å². The van der Waals surface area contributed by atoms with Crippen LogP contribution in [0.5, 0.6) is 0 Å². The van der Waals surface area contributed by atoms with Gasteiger partial charge in [0.05, 0.1) is 10.0 Å². The Morgan fingerprint density at radius 2 is 2.06 bits per heavy atom. The van der Waals surface area contributed by atoms with E-state index in [1.807, 2.05) is 20.8 Å². The number of nitrogens with one attached hydrogen (secondary N) is 1. The molecule has 2 rings (SSSR count). The quantitative estimate of drug-likeness (QED) is 0.910. The first kappa shape index (κ1) is 12.3. The molecule has 1 aliphatic rings. The molecule has 1 unspecified atom stereocenters. The van der Waals surface area contributed by atoms with Crippen molar-refractivity contribution in [2.75, 3.05) is 6.54 Å². The fourth-order valence-corrected chi connectivity index (χ4v) is 2.40. The van der Waals surface area contributed by atoms with Crippen molar-refractivity contribution in [2.45, 2.75) is 32.4 Å². The summed E-state index contributed by atoms with van der Waals surface area (Å²) < 4.78 is 0.829. The van der Waals surface area contributed by atoms with Gasteiger partial charge in [0, 0.05) is 18.9 Å². The molecule has 0 radical (unpaired) electrons. The van der Waals surface area contributed by atoms with E-state index in [-0.39, 0.29) is 17.6 Å². The zero-order valence-corrected chi connectivity index (χ0v) is 11.7. The summed E-state index contributed by atoms with van der Waals surface area (Å²) in [7, 11) is 0. The highest BCUT2D eigenvalue weighted by Crippen LogP contribution is 2.34. The molecule has 0 aromatic carbocycles. The molecule has 6 heteroatoms. The molecule has 0 aliphatic carbocycles. The highest BCUT2D eigenvalue weighted by molar-refractivity contribution is 9.10. The molecule has 1 N–H and O–H groups in total. The summed E-state index contributed by atoms with van der Waals surface area (Å²) in [6.45, 7) is 6.67. The molecule has 2 amide bonds. The fraction of sp³-hybridized carbons (Fsp3) is 0.545. The molecule has 1 aromatic heterocycles. The van der Waals surface area contributed by atoms with Gasteiger partial charge in [-0.15, -0.1) is 0 Å². The molecule has 0 saturated carbocycles. The Morgan fingerprint density at radius 3 is 2.53 bits per heavy atom. The predicted molar refractivity (Wildman–Crippen MR) is 67.5 cm³/mol. The first-order valence-electron chi connectivity index (χ1n) is 5.52. The number of carbonyl (C=O) groups excluding carboxylic acids is 1. The Morgan fingerprint density at radius 1 is 1.47 bits per heavy atom. The maximum atomic E-state index is 11.8. The average molecular weight is 299 g/mol. The normalized spacial score (nSPS) is 22.7. The summed E-state index contributed by atoms with van der Waals surface area (Å²) in [6, 6.07) is -0.239. The third-order valence-electron chi connectivity index (χ3n) is 3.13. The van der Waals surface area contributed by atoms with Crippen LogP contribution >= 0.6 is 15.9 Å². The summed E-state index contributed by atoms with van der Waals surface area (Å²) in [5.41, 5.74) is -0.320. The van der Waals surface area contributed by atoms with Gasteiger partial charge in [-0.1, -0.05) is 0 Å². The van der Waals surface area contributed by atoms with Gasteiger partial charge >= 0.3 is 6.03 Å². The number of nitrogens with zero attached hydrogens (tertiary/aromatic N) is 3. The molecular weight excluding hydrogens is 284 g/mol. The molecule has 17 heavy (non-hydrogen) atoms. The zero-order valence-electron chi connectivity index (χ0n) is 10.1. The number of rotatable bonds is 2. The molecular formula is C11H15BrN4O. The van der Waals surface area contributed by atoms with Crippen LogP contribution in [0.25, 0.3) is 0 Å². The van der Waals surface area contributed by atoms with E-state index in [2.05, 4.69) is 31.2 Å². The molecule has 1 saturated heterocycles. The van der Waals surface area contributed by atoms with E-state index in [1.54, 1.807) is 17.3 Å². The van der Waals surface area contributed by atoms with Gasteiger partial charge in [-0.05, 0) is 36.7 Å². The van der Waals surface area contributed by atoms with Gasteiger partial charge in [-0.2, -0.15) is 0 Å². The minimum atomic E-state index is -0.320. The van der Waals surface area contributed by atoms with Crippen LogP contribution in [0.2, 0.25) is 0 Å². The lowest BCUT2D eigenvalue weighted by Crippen LogP contribution is -2.43. The Kier molecular flexibility index (Phi) is 3.07. The lowest BCUT2D eigenvalue weighted by molar-refractivity contribution is 0.168. The van der Waals surface area contributed by atoms with Gasteiger partial charge in [0.2, 0.25) is 0 Å². The van der Waals surface area contributed by atoms with Crippen molar-refractivity contribution in [1.29, 1.82) is 0 Å². The molecule has 1 fully saturated rings. The zero-order chi connectivity index (χ0) is 12.6. The number of amides is 2. The molecule has 1 aliphatic heterocycles. The predicted octanol–water partition coefficient (Wildman–Crippen LogP) is 2.10. The van der Waals surface area contributed by atoms with Crippen LogP contribution < -0.4 is 5.32 Å². The summed E-state index contributed by atoms with van der Waals surface area (Å²) in [6.07, 6.45) is 3.39. The van der Waals surface area contributed by atoms with Crippen LogP contribution in [-0.2, 0) is 0 Å². The van der Waals surface area contributed by atoms with E-state index in [0.29, 0.717) is 12.4 Å². The van der Waals surface area contributed by atoms with Crippen LogP contribution in [-0.4, -0.2) is 33.0 Å². The lowest BCUT2D eigenvalue weighted by Gasteiger charge is -2.32. The van der Waals surface area contributed by atoms with Gasteiger partial charge in [-0.3, -0.25) is 0 Å². The Bertz CT molecular complexity index is 432. The van der Waals surface area contributed by atoms with Crippen molar-refractivity contribution in [3.63, 3.8) is 0 Å². The van der Waals surface area contributed by atoms with Gasteiger partial charge < -0.3 is 10.2 Å². The van der Waals surface area contributed by atoms with Crippen LogP contribution in [0.4, 0.5) is 4.79 Å². The van der Waals surface area contributed by atoms with E-state index >= 15 is 0 Å². The van der Waals surface area contributed by atoms with E-state index < -0.39 is 0 Å². The maximum Gasteiger partial charge on any atom is 0.318 e. The van der Waals surface area contributed by atoms with Crippen molar-refractivity contribution in [3.05, 3.63) is 22.7 Å². The van der Waals surface area contributed by atoms with Crippen molar-refractivity contribution in [3.8, 4) is 0 Å². The number of carbonyl (C=O) groups is 1. The smallest absolute Gasteiger partial charge is 0.318 e. The van der Waals surface area contributed by atoms with E-state index in [4.69, 9.17) is 0 Å². The Balaban J connectivity index is 2.34. The maximum absolute atomic E-state index is 11.8. The summed E-state index contributed by atoms with van der Waals surface area (Å²) in [5.74, 6) is 0.641. The van der Waals surface area contributed by atoms with Crippen molar-refractivity contribution >= 4 is 22.0 Å². The van der Waals surface area contributed by atoms with Gasteiger partial charge in [0.15, 0.2) is 5.82 Å². The number of hydrogen-bond acceptors (Lipinski definition) is 3. The summed E-state index contributed by atoms with van der Waals surface area (Å²) in [5, 5.41) is 2.93. The van der Waals surface area contributed by atoms with E-state index in [0.717, 1.165) is 4.47 Å². The molecule has 0 spiro atoms. The number of hydrogen-bond donors (Lipinski definition) is 1. The fourth-order valence-electron chi connectivity index (χ4n) is 2.20. The van der Waals surface area contributed by atoms with E-state index in [9.17, 15) is 4.79 Å². The number of urea groups is 1. The molecule has 5 nitrogen and oxygen atoms in total. The molecule has 1 atom stereocenters. The second kappa shape index (κ2) is 4.25. The third kappa shape index (κ3) is 2.01. The van der Waals surface area contributed by atoms with Crippen LogP contribution in [0.3, 0.4) is 0 Å². The molecule has 92 valence electrons. The number of halogens is 1. The topological polar surface area (TPSA) is 58.1 Å². The van der Waals surface area contributed by atoms with Crippen molar-refractivity contribution < 1.29 is 4.79 Å². The largest absolute Gasteiger partial charge is 0.326 e.